The van der Waals surface area contributed by atoms with Crippen LogP contribution in [0.2, 0.25) is 0 Å². The van der Waals surface area contributed by atoms with Crippen LogP contribution in [0.1, 0.15) is 13.8 Å². The highest BCUT2D eigenvalue weighted by Gasteiger charge is 1.85. The molecular formula is C10H23NO3. The van der Waals surface area contributed by atoms with E-state index in [1.54, 1.807) is 14.2 Å². The first-order valence-corrected chi connectivity index (χ1v) is 4.44. The van der Waals surface area contributed by atoms with E-state index in [-0.39, 0.29) is 6.61 Å². The van der Waals surface area contributed by atoms with Gasteiger partial charge in [-0.2, -0.15) is 0 Å². The smallest absolute Gasteiger partial charge is 0.185 e. The average molecular weight is 205 g/mol. The number of hydrogen-bond acceptors (Lipinski definition) is 4. The van der Waals surface area contributed by atoms with Crippen molar-refractivity contribution in [3.05, 3.63) is 25.3 Å². The van der Waals surface area contributed by atoms with Gasteiger partial charge in [-0.05, 0) is 6.58 Å². The fourth-order valence-electron chi connectivity index (χ4n) is 0.338. The fraction of sp³-hybridized carbons (Fsp3) is 0.600. The normalized spacial score (nSPS) is 6.93. The molecule has 0 radical (unpaired) electrons. The van der Waals surface area contributed by atoms with E-state index >= 15 is 0 Å². The summed E-state index contributed by atoms with van der Waals surface area (Å²) in [6.07, 6.45) is 1.27. The Hall–Kier alpha value is -1.00. The molecule has 0 bridgehead atoms. The van der Waals surface area contributed by atoms with Crippen LogP contribution in [0.25, 0.3) is 0 Å². The Balaban J connectivity index is -0.000000205. The maximum atomic E-state index is 8.30. The zero-order valence-electron chi connectivity index (χ0n) is 9.67. The summed E-state index contributed by atoms with van der Waals surface area (Å²) in [5, 5.41) is 11.0. The van der Waals surface area contributed by atoms with Crippen molar-refractivity contribution in [3.8, 4) is 0 Å². The summed E-state index contributed by atoms with van der Waals surface area (Å²) in [6, 6.07) is 0. The lowest BCUT2D eigenvalue weighted by Crippen LogP contribution is -2.17. The van der Waals surface area contributed by atoms with Gasteiger partial charge in [-0.25, -0.2) is 0 Å². The average Bonchev–Trinajstić information content (AvgIpc) is 2.20. The van der Waals surface area contributed by atoms with Gasteiger partial charge in [0.1, 0.15) is 0 Å². The molecule has 0 aromatic rings. The molecule has 0 aliphatic rings. The molecule has 2 N–H and O–H groups in total. The summed E-state index contributed by atoms with van der Waals surface area (Å²) in [4.78, 5) is 0. The molecule has 0 spiro atoms. The quantitative estimate of drug-likeness (QED) is 0.668. The zero-order valence-corrected chi connectivity index (χ0v) is 9.67. The summed E-state index contributed by atoms with van der Waals surface area (Å²) in [7, 11) is 3.25. The van der Waals surface area contributed by atoms with Crippen molar-refractivity contribution in [2.75, 3.05) is 27.4 Å². The third kappa shape index (κ3) is 30.6. The minimum Gasteiger partial charge on any atom is -0.450 e. The summed E-state index contributed by atoms with van der Waals surface area (Å²) in [5.41, 5.74) is 0. The standard InChI is InChI=1S/C6H11NO2.C2H6O.C2H6/c1-3-9-6(2)7-4-5-8;1-3-2;1-2/h3,7-8H,1-2,4-5H2;1-2H3;1-2H3. The highest BCUT2D eigenvalue weighted by molar-refractivity contribution is 4.80. The van der Waals surface area contributed by atoms with E-state index in [0.29, 0.717) is 12.4 Å². The molecule has 86 valence electrons. The molecule has 0 aliphatic carbocycles. The largest absolute Gasteiger partial charge is 0.450 e. The van der Waals surface area contributed by atoms with E-state index in [9.17, 15) is 0 Å². The Labute approximate surface area is 87.2 Å². The van der Waals surface area contributed by atoms with Crippen LogP contribution in [0.5, 0.6) is 0 Å². The molecule has 0 atom stereocenters. The molecule has 0 aromatic heterocycles. The molecule has 0 fully saturated rings. The van der Waals surface area contributed by atoms with Crippen LogP contribution in [-0.4, -0.2) is 32.5 Å². The molecule has 4 heteroatoms. The van der Waals surface area contributed by atoms with Crippen LogP contribution in [0.4, 0.5) is 0 Å². The molecule has 14 heavy (non-hydrogen) atoms. The summed E-state index contributed by atoms with van der Waals surface area (Å²) in [5.74, 6) is 0.402. The molecule has 0 heterocycles. The van der Waals surface area contributed by atoms with E-state index in [1.807, 2.05) is 13.8 Å². The van der Waals surface area contributed by atoms with Gasteiger partial charge in [0.05, 0.1) is 12.9 Å². The number of methoxy groups -OCH3 is 1. The molecule has 0 saturated carbocycles. The van der Waals surface area contributed by atoms with E-state index in [2.05, 4.69) is 23.2 Å². The Morgan fingerprint density at radius 2 is 1.86 bits per heavy atom. The summed E-state index contributed by atoms with van der Waals surface area (Å²) >= 11 is 0. The fourth-order valence-corrected chi connectivity index (χ4v) is 0.338. The number of rotatable bonds is 5. The van der Waals surface area contributed by atoms with Crippen molar-refractivity contribution in [2.45, 2.75) is 13.8 Å². The molecule has 0 aliphatic heterocycles. The van der Waals surface area contributed by atoms with Crippen molar-refractivity contribution in [1.82, 2.24) is 5.32 Å². The van der Waals surface area contributed by atoms with E-state index in [0.717, 1.165) is 0 Å². The predicted molar refractivity (Wildman–Crippen MR) is 59.8 cm³/mol. The SMILES string of the molecule is C=COC(=C)NCCO.CC.COC. The lowest BCUT2D eigenvalue weighted by atomic mass is 10.7. The van der Waals surface area contributed by atoms with Gasteiger partial charge >= 0.3 is 0 Å². The van der Waals surface area contributed by atoms with Crippen LogP contribution in [0.3, 0.4) is 0 Å². The van der Waals surface area contributed by atoms with Gasteiger partial charge < -0.3 is 19.9 Å². The number of ether oxygens (including phenoxy) is 2. The van der Waals surface area contributed by atoms with Gasteiger partial charge in [0.15, 0.2) is 5.88 Å². The van der Waals surface area contributed by atoms with E-state index in [4.69, 9.17) is 9.84 Å². The second-order valence-electron chi connectivity index (χ2n) is 1.77. The minimum absolute atomic E-state index is 0.0690. The molecule has 0 amide bonds. The van der Waals surface area contributed by atoms with Gasteiger partial charge in [-0.1, -0.05) is 20.4 Å². The molecule has 0 rings (SSSR count). The number of aliphatic hydroxyl groups is 1. The topological polar surface area (TPSA) is 50.7 Å². The predicted octanol–water partition coefficient (Wildman–Crippen LogP) is 1.49. The van der Waals surface area contributed by atoms with Gasteiger partial charge in [0.25, 0.3) is 0 Å². The lowest BCUT2D eigenvalue weighted by Gasteiger charge is -2.04. The Kier molecular flexibility index (Phi) is 30.3. The van der Waals surface area contributed by atoms with Crippen molar-refractivity contribution in [3.63, 3.8) is 0 Å². The van der Waals surface area contributed by atoms with Crippen molar-refractivity contribution < 1.29 is 14.6 Å². The van der Waals surface area contributed by atoms with Gasteiger partial charge in [0.2, 0.25) is 0 Å². The Morgan fingerprint density at radius 1 is 1.43 bits per heavy atom. The first-order valence-electron chi connectivity index (χ1n) is 4.44. The van der Waals surface area contributed by atoms with Crippen LogP contribution >= 0.6 is 0 Å². The van der Waals surface area contributed by atoms with Crippen molar-refractivity contribution in [2.24, 2.45) is 0 Å². The first kappa shape index (κ1) is 18.7. The van der Waals surface area contributed by atoms with Crippen molar-refractivity contribution >= 4 is 0 Å². The molecular weight excluding hydrogens is 182 g/mol. The van der Waals surface area contributed by atoms with Gasteiger partial charge in [0, 0.05) is 20.8 Å². The second-order valence-corrected chi connectivity index (χ2v) is 1.77. The van der Waals surface area contributed by atoms with Crippen LogP contribution in [0, 0.1) is 0 Å². The van der Waals surface area contributed by atoms with Crippen molar-refractivity contribution in [1.29, 1.82) is 0 Å². The monoisotopic (exact) mass is 205 g/mol. The second kappa shape index (κ2) is 22.7. The van der Waals surface area contributed by atoms with E-state index < -0.39 is 0 Å². The maximum Gasteiger partial charge on any atom is 0.185 e. The van der Waals surface area contributed by atoms with Crippen LogP contribution in [-0.2, 0) is 9.47 Å². The third-order valence-corrected chi connectivity index (χ3v) is 0.660. The molecule has 0 unspecified atom stereocenters. The Morgan fingerprint density at radius 3 is 2.14 bits per heavy atom. The van der Waals surface area contributed by atoms with Crippen LogP contribution < -0.4 is 5.32 Å². The maximum absolute atomic E-state index is 8.30. The highest BCUT2D eigenvalue weighted by atomic mass is 16.5. The minimum atomic E-state index is 0.0690. The summed E-state index contributed by atoms with van der Waals surface area (Å²) < 4.78 is 8.94. The molecule has 0 aromatic carbocycles. The zero-order chi connectivity index (χ0) is 11.8. The lowest BCUT2D eigenvalue weighted by molar-refractivity contribution is 0.268. The Bertz CT molecular complexity index is 116. The van der Waals surface area contributed by atoms with E-state index in [1.165, 1.54) is 6.26 Å². The number of aliphatic hydroxyl groups excluding tert-OH is 1. The third-order valence-electron chi connectivity index (χ3n) is 0.660. The molecule has 4 nitrogen and oxygen atoms in total. The number of hydrogen-bond donors (Lipinski definition) is 2. The highest BCUT2D eigenvalue weighted by Crippen LogP contribution is 1.84. The summed E-state index contributed by atoms with van der Waals surface area (Å²) in [6.45, 7) is 11.3. The van der Waals surface area contributed by atoms with Gasteiger partial charge in [-0.15, -0.1) is 0 Å². The molecule has 0 saturated heterocycles. The van der Waals surface area contributed by atoms with Gasteiger partial charge in [-0.3, -0.25) is 0 Å². The van der Waals surface area contributed by atoms with Crippen LogP contribution in [0.15, 0.2) is 25.3 Å². The number of nitrogens with one attached hydrogen (secondary N) is 1. The first-order chi connectivity index (χ1) is 6.72.